The molecule has 7 nitrogen and oxygen atoms in total. The molecule has 3 aromatic rings. The predicted octanol–water partition coefficient (Wildman–Crippen LogP) is 2.99. The Morgan fingerprint density at radius 3 is 2.76 bits per heavy atom. The highest BCUT2D eigenvalue weighted by molar-refractivity contribution is 6.13. The van der Waals surface area contributed by atoms with E-state index in [9.17, 15) is 14.4 Å². The number of unbranched alkanes of at least 4 members (excludes halogenated alkanes) is 3. The molecule has 0 saturated heterocycles. The molecule has 0 fully saturated rings. The number of ether oxygens (including phenoxy) is 1. The van der Waals surface area contributed by atoms with Crippen molar-refractivity contribution in [2.24, 2.45) is 0 Å². The fraction of sp³-hybridized carbons (Fsp3) is 0.318. The molecule has 0 amide bonds. The number of aryl methyl sites for hydroxylation is 1. The summed E-state index contributed by atoms with van der Waals surface area (Å²) in [5.74, 6) is -0.363. The van der Waals surface area contributed by atoms with E-state index in [4.69, 9.17) is 4.74 Å². The highest BCUT2D eigenvalue weighted by Gasteiger charge is 2.30. The maximum absolute atomic E-state index is 12.9. The fourth-order valence-electron chi connectivity index (χ4n) is 3.63. The summed E-state index contributed by atoms with van der Waals surface area (Å²) in [5, 5.41) is 0.398. The van der Waals surface area contributed by atoms with Gasteiger partial charge in [-0.1, -0.05) is 18.9 Å². The number of esters is 1. The van der Waals surface area contributed by atoms with E-state index in [1.54, 1.807) is 18.3 Å². The number of benzene rings is 1. The molecule has 0 saturated carbocycles. The molecule has 1 aliphatic heterocycles. The number of nitrogens with zero attached hydrogens (tertiary/aromatic N) is 3. The topological polar surface area (TPSA) is 91.2 Å². The molecule has 0 spiro atoms. The van der Waals surface area contributed by atoms with Gasteiger partial charge < -0.3 is 4.74 Å². The second kappa shape index (κ2) is 7.95. The molecule has 0 unspecified atom stereocenters. The summed E-state index contributed by atoms with van der Waals surface area (Å²) < 4.78 is 6.31. The van der Waals surface area contributed by atoms with Crippen LogP contribution in [0.3, 0.4) is 0 Å². The Morgan fingerprint density at radius 1 is 1.10 bits per heavy atom. The Hall–Kier alpha value is -3.35. The number of hydrogen-bond acceptors (Lipinski definition) is 6. The van der Waals surface area contributed by atoms with Crippen LogP contribution >= 0.6 is 0 Å². The lowest BCUT2D eigenvalue weighted by molar-refractivity contribution is -0.141. The first-order valence-electron chi connectivity index (χ1n) is 9.75. The normalized spacial score (nSPS) is 12.1. The molecule has 148 valence electrons. The van der Waals surface area contributed by atoms with Crippen LogP contribution in [0.15, 0.2) is 41.3 Å². The third-order valence-corrected chi connectivity index (χ3v) is 5.06. The van der Waals surface area contributed by atoms with Crippen LogP contribution in [-0.4, -0.2) is 32.9 Å². The summed E-state index contributed by atoms with van der Waals surface area (Å²) in [6.45, 7) is 1.88. The molecule has 1 aliphatic rings. The highest BCUT2D eigenvalue weighted by Crippen LogP contribution is 2.27. The minimum atomic E-state index is -0.272. The Morgan fingerprint density at radius 2 is 1.93 bits per heavy atom. The van der Waals surface area contributed by atoms with Gasteiger partial charge in [0.25, 0.3) is 5.56 Å². The van der Waals surface area contributed by atoms with Gasteiger partial charge in [-0.25, -0.2) is 9.97 Å². The number of ketones is 1. The monoisotopic (exact) mass is 391 g/mol. The lowest BCUT2D eigenvalue weighted by atomic mass is 10.0. The zero-order valence-electron chi connectivity index (χ0n) is 16.2. The standard InChI is InChI=1S/C22H21N3O4/c1-14(26)29-12-5-3-2-4-7-15-9-10-18-17(13-15)19(27)21-24-20-16(8-6-11-23-20)22(28)25(18)21/h6,8-11,13H,2-5,7,12H2,1H3. The van der Waals surface area contributed by atoms with Gasteiger partial charge in [-0.15, -0.1) is 0 Å². The van der Waals surface area contributed by atoms with Crippen molar-refractivity contribution in [1.82, 2.24) is 14.5 Å². The van der Waals surface area contributed by atoms with Crippen LogP contribution in [0.4, 0.5) is 0 Å². The zero-order chi connectivity index (χ0) is 20.4. The molecule has 29 heavy (non-hydrogen) atoms. The lowest BCUT2D eigenvalue weighted by Crippen LogP contribution is -2.21. The van der Waals surface area contributed by atoms with E-state index in [1.807, 2.05) is 18.2 Å². The predicted molar refractivity (Wildman–Crippen MR) is 107 cm³/mol. The number of aromatic nitrogens is 3. The van der Waals surface area contributed by atoms with Crippen LogP contribution in [0.25, 0.3) is 16.7 Å². The second-order valence-electron chi connectivity index (χ2n) is 7.14. The number of rotatable bonds is 7. The molecule has 3 heterocycles. The lowest BCUT2D eigenvalue weighted by Gasteiger charge is -2.06. The molecular weight excluding hydrogens is 370 g/mol. The maximum Gasteiger partial charge on any atom is 0.302 e. The van der Waals surface area contributed by atoms with E-state index < -0.39 is 0 Å². The fourth-order valence-corrected chi connectivity index (χ4v) is 3.63. The van der Waals surface area contributed by atoms with Crippen molar-refractivity contribution in [2.45, 2.75) is 39.0 Å². The van der Waals surface area contributed by atoms with Gasteiger partial charge in [0.2, 0.25) is 5.78 Å². The summed E-state index contributed by atoms with van der Waals surface area (Å²) in [5.41, 5.74) is 2.17. The highest BCUT2D eigenvalue weighted by atomic mass is 16.5. The largest absolute Gasteiger partial charge is 0.466 e. The number of carbonyl (C=O) groups excluding carboxylic acids is 2. The molecule has 0 atom stereocenters. The van der Waals surface area contributed by atoms with Gasteiger partial charge in [-0.2, -0.15) is 0 Å². The van der Waals surface area contributed by atoms with Gasteiger partial charge in [0.05, 0.1) is 23.2 Å². The maximum atomic E-state index is 12.9. The van der Waals surface area contributed by atoms with Crippen LogP contribution in [0.5, 0.6) is 0 Å². The first-order chi connectivity index (χ1) is 14.1. The van der Waals surface area contributed by atoms with Gasteiger partial charge in [-0.3, -0.25) is 19.0 Å². The first kappa shape index (κ1) is 19.0. The molecule has 7 heteroatoms. The van der Waals surface area contributed by atoms with Gasteiger partial charge in [0.15, 0.2) is 11.5 Å². The van der Waals surface area contributed by atoms with E-state index in [0.29, 0.717) is 28.9 Å². The van der Waals surface area contributed by atoms with E-state index in [1.165, 1.54) is 11.5 Å². The summed E-state index contributed by atoms with van der Waals surface area (Å²) in [6, 6.07) is 9.00. The van der Waals surface area contributed by atoms with Crippen LogP contribution in [0, 0.1) is 0 Å². The van der Waals surface area contributed by atoms with Crippen molar-refractivity contribution in [2.75, 3.05) is 6.61 Å². The number of hydrogen-bond donors (Lipinski definition) is 0. The SMILES string of the molecule is CC(=O)OCCCCCCc1ccc2c(c1)C(=O)c1nc3ncccc3c(=O)n1-2. The summed E-state index contributed by atoms with van der Waals surface area (Å²) in [4.78, 5) is 44.9. The van der Waals surface area contributed by atoms with E-state index >= 15 is 0 Å². The quantitative estimate of drug-likeness (QED) is 0.355. The second-order valence-corrected chi connectivity index (χ2v) is 7.14. The third-order valence-electron chi connectivity index (χ3n) is 5.06. The molecule has 2 aromatic heterocycles. The summed E-state index contributed by atoms with van der Waals surface area (Å²) in [7, 11) is 0. The van der Waals surface area contributed by atoms with E-state index in [2.05, 4.69) is 9.97 Å². The average molecular weight is 391 g/mol. The van der Waals surface area contributed by atoms with Crippen molar-refractivity contribution in [1.29, 1.82) is 0 Å². The molecule has 0 radical (unpaired) electrons. The Balaban J connectivity index is 1.48. The zero-order valence-corrected chi connectivity index (χ0v) is 16.2. The van der Waals surface area contributed by atoms with Crippen molar-refractivity contribution >= 4 is 22.8 Å². The molecule has 0 N–H and O–H groups in total. The molecule has 0 aliphatic carbocycles. The number of pyridine rings is 1. The van der Waals surface area contributed by atoms with Gasteiger partial charge in [-0.05, 0) is 49.1 Å². The first-order valence-corrected chi connectivity index (χ1v) is 9.75. The van der Waals surface area contributed by atoms with Crippen molar-refractivity contribution in [3.05, 3.63) is 63.8 Å². The van der Waals surface area contributed by atoms with Gasteiger partial charge >= 0.3 is 5.97 Å². The molecule has 1 aromatic carbocycles. The summed E-state index contributed by atoms with van der Waals surface area (Å²) >= 11 is 0. The minimum absolute atomic E-state index is 0.124. The van der Waals surface area contributed by atoms with Crippen LogP contribution in [-0.2, 0) is 16.0 Å². The average Bonchev–Trinajstić information content (AvgIpc) is 2.99. The summed E-state index contributed by atoms with van der Waals surface area (Å²) in [6.07, 6.45) is 6.24. The van der Waals surface area contributed by atoms with E-state index in [-0.39, 0.29) is 23.1 Å². The van der Waals surface area contributed by atoms with E-state index in [0.717, 1.165) is 37.7 Å². The Bertz CT molecular complexity index is 1170. The third kappa shape index (κ3) is 3.68. The number of fused-ring (bicyclic) bond motifs is 4. The van der Waals surface area contributed by atoms with Crippen molar-refractivity contribution < 1.29 is 14.3 Å². The van der Waals surface area contributed by atoms with Gasteiger partial charge in [0, 0.05) is 13.1 Å². The van der Waals surface area contributed by atoms with Crippen LogP contribution in [0.1, 0.15) is 54.4 Å². The molecule has 0 bridgehead atoms. The minimum Gasteiger partial charge on any atom is -0.466 e. The number of carbonyl (C=O) groups is 2. The van der Waals surface area contributed by atoms with Crippen LogP contribution < -0.4 is 5.56 Å². The smallest absolute Gasteiger partial charge is 0.302 e. The van der Waals surface area contributed by atoms with Gasteiger partial charge in [0.1, 0.15) is 0 Å². The molecular formula is C22H21N3O4. The molecule has 4 rings (SSSR count). The van der Waals surface area contributed by atoms with Crippen molar-refractivity contribution in [3.8, 4) is 5.69 Å². The Labute approximate surface area is 167 Å². The van der Waals surface area contributed by atoms with Crippen LogP contribution in [0.2, 0.25) is 0 Å². The Kier molecular flexibility index (Phi) is 5.20. The van der Waals surface area contributed by atoms with Crippen molar-refractivity contribution in [3.63, 3.8) is 0 Å².